The number of anilines is 1. The highest BCUT2D eigenvalue weighted by Crippen LogP contribution is 2.43. The van der Waals surface area contributed by atoms with Gasteiger partial charge < -0.3 is 9.52 Å². The van der Waals surface area contributed by atoms with Crippen LogP contribution in [0, 0.1) is 34.6 Å². The van der Waals surface area contributed by atoms with Gasteiger partial charge in [0.15, 0.2) is 0 Å². The van der Waals surface area contributed by atoms with Crippen LogP contribution in [-0.2, 0) is 9.59 Å². The first-order valence-electron chi connectivity index (χ1n) is 10.2. The number of aryl methyl sites for hydroxylation is 5. The number of aliphatic hydroxyl groups excluding tert-OH is 1. The molecule has 31 heavy (non-hydrogen) atoms. The predicted octanol–water partition coefficient (Wildman–Crippen LogP) is 5.45. The Labute approximate surface area is 181 Å². The molecule has 3 aromatic rings. The van der Waals surface area contributed by atoms with E-state index in [1.165, 1.54) is 4.90 Å². The van der Waals surface area contributed by atoms with Gasteiger partial charge in [-0.2, -0.15) is 0 Å². The van der Waals surface area contributed by atoms with Crippen LogP contribution in [0.1, 0.15) is 45.4 Å². The van der Waals surface area contributed by atoms with Crippen LogP contribution < -0.4 is 4.90 Å². The second-order valence-electron chi connectivity index (χ2n) is 8.19. The van der Waals surface area contributed by atoms with Crippen molar-refractivity contribution in [2.45, 2.75) is 40.7 Å². The zero-order chi connectivity index (χ0) is 22.4. The summed E-state index contributed by atoms with van der Waals surface area (Å²) in [7, 11) is 0. The minimum Gasteiger partial charge on any atom is -0.507 e. The van der Waals surface area contributed by atoms with Crippen LogP contribution in [-0.4, -0.2) is 16.8 Å². The molecule has 1 unspecified atom stereocenters. The fourth-order valence-corrected chi connectivity index (χ4v) is 3.89. The third kappa shape index (κ3) is 3.46. The minimum absolute atomic E-state index is 0.0285. The smallest absolute Gasteiger partial charge is 0.300 e. The lowest BCUT2D eigenvalue weighted by atomic mass is 9.97. The fourth-order valence-electron chi connectivity index (χ4n) is 3.89. The summed E-state index contributed by atoms with van der Waals surface area (Å²) in [5.74, 6) is -0.528. The number of carbonyl (C=O) groups excluding carboxylic acids is 2. The number of carbonyl (C=O) groups is 2. The number of furan rings is 1. The average Bonchev–Trinajstić information content (AvgIpc) is 3.27. The number of Topliss-reactive ketones (excluding diaryl/α,β-unsaturated/α-hetero) is 1. The topological polar surface area (TPSA) is 70.8 Å². The molecule has 0 radical (unpaired) electrons. The molecule has 5 heteroatoms. The van der Waals surface area contributed by atoms with Crippen LogP contribution in [0.15, 0.2) is 58.5 Å². The maximum Gasteiger partial charge on any atom is 0.300 e. The number of benzene rings is 2. The predicted molar refractivity (Wildman–Crippen MR) is 120 cm³/mol. The molecule has 5 nitrogen and oxygen atoms in total. The molecule has 0 spiro atoms. The second kappa shape index (κ2) is 7.58. The Morgan fingerprint density at radius 2 is 1.48 bits per heavy atom. The van der Waals surface area contributed by atoms with Crippen molar-refractivity contribution in [3.8, 4) is 0 Å². The van der Waals surface area contributed by atoms with E-state index in [1.54, 1.807) is 25.1 Å². The van der Waals surface area contributed by atoms with Crippen molar-refractivity contribution in [3.63, 3.8) is 0 Å². The zero-order valence-corrected chi connectivity index (χ0v) is 18.3. The molecule has 4 rings (SSSR count). The summed E-state index contributed by atoms with van der Waals surface area (Å²) in [6.45, 7) is 9.66. The van der Waals surface area contributed by atoms with E-state index in [-0.39, 0.29) is 11.3 Å². The van der Waals surface area contributed by atoms with E-state index in [0.717, 1.165) is 22.3 Å². The van der Waals surface area contributed by atoms with Gasteiger partial charge in [0.25, 0.3) is 11.7 Å². The van der Waals surface area contributed by atoms with E-state index in [0.29, 0.717) is 22.8 Å². The van der Waals surface area contributed by atoms with Gasteiger partial charge in [-0.25, -0.2) is 0 Å². The standard InChI is InChI=1S/C26H25NO4/c1-14-6-9-19(12-16(14)3)24(28)22-23(21-11-8-18(5)31-21)27(26(30)25(22)29)20-10-7-15(2)17(4)13-20/h6-13,23,28H,1-5H3/b24-22-. The van der Waals surface area contributed by atoms with E-state index >= 15 is 0 Å². The van der Waals surface area contributed by atoms with Gasteiger partial charge in [-0.3, -0.25) is 14.5 Å². The van der Waals surface area contributed by atoms with Crippen LogP contribution in [0.2, 0.25) is 0 Å². The summed E-state index contributed by atoms with van der Waals surface area (Å²) in [4.78, 5) is 27.7. The lowest BCUT2D eigenvalue weighted by molar-refractivity contribution is -0.132. The first-order valence-corrected chi connectivity index (χ1v) is 10.2. The molecule has 1 fully saturated rings. The van der Waals surface area contributed by atoms with Gasteiger partial charge in [0.05, 0.1) is 5.57 Å². The number of nitrogens with zero attached hydrogens (tertiary/aromatic N) is 1. The highest BCUT2D eigenvalue weighted by molar-refractivity contribution is 6.51. The quantitative estimate of drug-likeness (QED) is 0.351. The fraction of sp³-hybridized carbons (Fsp3) is 0.231. The van der Waals surface area contributed by atoms with E-state index in [1.807, 2.05) is 58.0 Å². The number of hydrogen-bond donors (Lipinski definition) is 1. The normalized spacial score (nSPS) is 18.1. The van der Waals surface area contributed by atoms with Crippen molar-refractivity contribution >= 4 is 23.1 Å². The Hall–Kier alpha value is -3.60. The Bertz CT molecular complexity index is 1250. The van der Waals surface area contributed by atoms with E-state index < -0.39 is 17.7 Å². The van der Waals surface area contributed by atoms with Gasteiger partial charge in [0, 0.05) is 11.3 Å². The van der Waals surface area contributed by atoms with E-state index in [2.05, 4.69) is 0 Å². The number of amides is 1. The molecule has 0 saturated carbocycles. The lowest BCUT2D eigenvalue weighted by Crippen LogP contribution is -2.29. The van der Waals surface area contributed by atoms with Crippen LogP contribution in [0.5, 0.6) is 0 Å². The van der Waals surface area contributed by atoms with Gasteiger partial charge in [-0.15, -0.1) is 0 Å². The molecule has 0 aliphatic carbocycles. The summed E-state index contributed by atoms with van der Waals surface area (Å²) in [6, 6.07) is 13.7. The largest absolute Gasteiger partial charge is 0.507 e. The molecule has 2 aromatic carbocycles. The number of aliphatic hydroxyl groups is 1. The summed E-state index contributed by atoms with van der Waals surface area (Å²) in [6.07, 6.45) is 0. The van der Waals surface area contributed by atoms with Crippen molar-refractivity contribution in [1.29, 1.82) is 0 Å². The highest BCUT2D eigenvalue weighted by Gasteiger charge is 2.48. The first kappa shape index (κ1) is 20.7. The molecule has 1 saturated heterocycles. The molecular weight excluding hydrogens is 390 g/mol. The zero-order valence-electron chi connectivity index (χ0n) is 18.3. The summed E-state index contributed by atoms with van der Waals surface area (Å²) < 4.78 is 5.84. The Morgan fingerprint density at radius 3 is 2.06 bits per heavy atom. The molecule has 0 bridgehead atoms. The van der Waals surface area contributed by atoms with Gasteiger partial charge in [-0.05, 0) is 87.2 Å². The molecule has 1 aromatic heterocycles. The van der Waals surface area contributed by atoms with Crippen LogP contribution in [0.25, 0.3) is 5.76 Å². The Kier molecular flexibility index (Phi) is 5.05. The number of ketones is 1. The molecule has 1 aliphatic rings. The molecule has 1 atom stereocenters. The van der Waals surface area contributed by atoms with Crippen LogP contribution in [0.3, 0.4) is 0 Å². The minimum atomic E-state index is -0.850. The van der Waals surface area contributed by atoms with Crippen molar-refractivity contribution in [2.75, 3.05) is 4.90 Å². The summed E-state index contributed by atoms with van der Waals surface area (Å²) in [5, 5.41) is 11.2. The highest BCUT2D eigenvalue weighted by atomic mass is 16.3. The third-order valence-electron chi connectivity index (χ3n) is 6.02. The first-order chi connectivity index (χ1) is 14.7. The monoisotopic (exact) mass is 415 g/mol. The van der Waals surface area contributed by atoms with Crippen molar-refractivity contribution in [1.82, 2.24) is 0 Å². The molecular formula is C26H25NO4. The van der Waals surface area contributed by atoms with Gasteiger partial charge in [0.2, 0.25) is 0 Å². The Balaban J connectivity index is 1.95. The summed E-state index contributed by atoms with van der Waals surface area (Å²) in [5.41, 5.74) is 5.26. The van der Waals surface area contributed by atoms with Gasteiger partial charge in [0.1, 0.15) is 23.3 Å². The molecule has 1 amide bonds. The second-order valence-corrected chi connectivity index (χ2v) is 8.19. The van der Waals surface area contributed by atoms with E-state index in [9.17, 15) is 14.7 Å². The van der Waals surface area contributed by atoms with Crippen molar-refractivity contribution in [2.24, 2.45) is 0 Å². The molecule has 2 heterocycles. The maximum atomic E-state index is 13.1. The lowest BCUT2D eigenvalue weighted by Gasteiger charge is -2.24. The average molecular weight is 415 g/mol. The molecule has 158 valence electrons. The molecule has 1 N–H and O–H groups in total. The van der Waals surface area contributed by atoms with E-state index in [4.69, 9.17) is 4.42 Å². The number of hydrogen-bond acceptors (Lipinski definition) is 4. The van der Waals surface area contributed by atoms with Gasteiger partial charge in [-0.1, -0.05) is 18.2 Å². The Morgan fingerprint density at radius 1 is 0.839 bits per heavy atom. The molecule has 1 aliphatic heterocycles. The number of rotatable bonds is 3. The maximum absolute atomic E-state index is 13.1. The summed E-state index contributed by atoms with van der Waals surface area (Å²) >= 11 is 0. The van der Waals surface area contributed by atoms with Crippen molar-refractivity contribution in [3.05, 3.63) is 93.4 Å². The van der Waals surface area contributed by atoms with Crippen LogP contribution in [0.4, 0.5) is 5.69 Å². The SMILES string of the molecule is Cc1ccc(C2/C(=C(/O)c3ccc(C)c(C)c3)C(=O)C(=O)N2c2ccc(C)c(C)c2)o1. The third-order valence-corrected chi connectivity index (χ3v) is 6.02. The van der Waals surface area contributed by atoms with Gasteiger partial charge >= 0.3 is 0 Å². The van der Waals surface area contributed by atoms with Crippen LogP contribution >= 0.6 is 0 Å². The van der Waals surface area contributed by atoms with Crippen molar-refractivity contribution < 1.29 is 19.1 Å².